The Morgan fingerprint density at radius 1 is 1.27 bits per heavy atom. The lowest BCUT2D eigenvalue weighted by Gasteiger charge is -2.11. The first-order valence-electron chi connectivity index (χ1n) is 5.35. The Balaban J connectivity index is 0.000000162. The van der Waals surface area contributed by atoms with Crippen LogP contribution in [0.25, 0.3) is 0 Å². The molecule has 2 heterocycles. The van der Waals surface area contributed by atoms with Crippen LogP contribution in [0.3, 0.4) is 0 Å². The first kappa shape index (κ1) is 12.4. The molecular formula is C11H18ClN3. The molecule has 1 aromatic rings. The molecule has 2 rings (SSSR count). The van der Waals surface area contributed by atoms with Crippen LogP contribution in [-0.4, -0.2) is 31.2 Å². The number of hydrogen-bond acceptors (Lipinski definition) is 3. The van der Waals surface area contributed by atoms with Crippen LogP contribution < -0.4 is 10.6 Å². The topological polar surface area (TPSA) is 37.0 Å². The van der Waals surface area contributed by atoms with Crippen molar-refractivity contribution in [3.05, 3.63) is 29.0 Å². The Kier molecular flexibility index (Phi) is 6.32. The summed E-state index contributed by atoms with van der Waals surface area (Å²) >= 11 is 5.61. The molecule has 0 aliphatic carbocycles. The molecule has 0 amide bonds. The van der Waals surface area contributed by atoms with Crippen LogP contribution in [0, 0.1) is 0 Å². The summed E-state index contributed by atoms with van der Waals surface area (Å²) < 4.78 is 0. The van der Waals surface area contributed by atoms with Gasteiger partial charge >= 0.3 is 0 Å². The molecule has 0 saturated carbocycles. The van der Waals surface area contributed by atoms with Gasteiger partial charge in [0.2, 0.25) is 0 Å². The van der Waals surface area contributed by atoms with Crippen molar-refractivity contribution in [3.63, 3.8) is 0 Å². The first-order chi connectivity index (χ1) is 7.33. The Morgan fingerprint density at radius 3 is 2.20 bits per heavy atom. The Hall–Kier alpha value is -0.640. The van der Waals surface area contributed by atoms with E-state index in [9.17, 15) is 0 Å². The van der Waals surface area contributed by atoms with Crippen LogP contribution in [-0.2, 0) is 6.42 Å². The van der Waals surface area contributed by atoms with E-state index >= 15 is 0 Å². The highest BCUT2D eigenvalue weighted by atomic mass is 35.5. The largest absolute Gasteiger partial charge is 0.314 e. The molecule has 0 radical (unpaired) electrons. The molecule has 0 unspecified atom stereocenters. The summed E-state index contributed by atoms with van der Waals surface area (Å²) in [7, 11) is 0. The van der Waals surface area contributed by atoms with Gasteiger partial charge in [-0.1, -0.05) is 18.5 Å². The highest BCUT2D eigenvalue weighted by Gasteiger charge is 1.91. The number of hydrogen-bond donors (Lipinski definition) is 2. The fraction of sp³-hybridized carbons (Fsp3) is 0.545. The maximum atomic E-state index is 5.61. The molecule has 0 atom stereocenters. The highest BCUT2D eigenvalue weighted by Crippen LogP contribution is 2.06. The van der Waals surface area contributed by atoms with Gasteiger partial charge in [-0.05, 0) is 24.1 Å². The Labute approximate surface area is 96.2 Å². The number of piperazine rings is 1. The van der Waals surface area contributed by atoms with Gasteiger partial charge in [-0.3, -0.25) is 0 Å². The minimum atomic E-state index is 0.578. The number of nitrogens with zero attached hydrogens (tertiary/aromatic N) is 1. The standard InChI is InChI=1S/C7H8ClN.C4H10N2/c1-2-6-3-4-9-7(8)5-6;1-2-6-4-3-5-1/h3-5H,2H2,1H3;5-6H,1-4H2. The molecule has 0 spiro atoms. The van der Waals surface area contributed by atoms with Crippen molar-refractivity contribution < 1.29 is 0 Å². The predicted octanol–water partition coefficient (Wildman–Crippen LogP) is 1.48. The van der Waals surface area contributed by atoms with E-state index in [1.54, 1.807) is 6.20 Å². The van der Waals surface area contributed by atoms with Crippen molar-refractivity contribution in [2.45, 2.75) is 13.3 Å². The molecule has 84 valence electrons. The molecule has 1 aliphatic rings. The molecule has 2 N–H and O–H groups in total. The average Bonchev–Trinajstić information content (AvgIpc) is 2.32. The molecule has 1 saturated heterocycles. The lowest BCUT2D eigenvalue weighted by molar-refractivity contribution is 0.534. The lowest BCUT2D eigenvalue weighted by Crippen LogP contribution is -2.39. The summed E-state index contributed by atoms with van der Waals surface area (Å²) in [4.78, 5) is 3.85. The van der Waals surface area contributed by atoms with E-state index < -0.39 is 0 Å². The smallest absolute Gasteiger partial charge is 0.129 e. The van der Waals surface area contributed by atoms with Crippen LogP contribution >= 0.6 is 11.6 Å². The number of pyridine rings is 1. The Morgan fingerprint density at radius 2 is 1.87 bits per heavy atom. The fourth-order valence-corrected chi connectivity index (χ4v) is 1.46. The minimum absolute atomic E-state index is 0.578. The second-order valence-electron chi connectivity index (χ2n) is 3.34. The molecular weight excluding hydrogens is 210 g/mol. The van der Waals surface area contributed by atoms with Crippen LogP contribution in [0.1, 0.15) is 12.5 Å². The third-order valence-corrected chi connectivity index (χ3v) is 2.36. The van der Waals surface area contributed by atoms with E-state index in [2.05, 4.69) is 22.5 Å². The van der Waals surface area contributed by atoms with E-state index in [1.807, 2.05) is 12.1 Å². The van der Waals surface area contributed by atoms with Crippen molar-refractivity contribution >= 4 is 11.6 Å². The normalized spacial score (nSPS) is 15.3. The van der Waals surface area contributed by atoms with Crippen molar-refractivity contribution in [1.29, 1.82) is 0 Å². The van der Waals surface area contributed by atoms with Gasteiger partial charge in [0.15, 0.2) is 0 Å². The maximum Gasteiger partial charge on any atom is 0.129 e. The quantitative estimate of drug-likeness (QED) is 0.714. The van der Waals surface area contributed by atoms with Crippen LogP contribution in [0.2, 0.25) is 5.15 Å². The third kappa shape index (κ3) is 5.72. The summed E-state index contributed by atoms with van der Waals surface area (Å²) in [6.45, 7) is 6.64. The van der Waals surface area contributed by atoms with Gasteiger partial charge in [-0.15, -0.1) is 0 Å². The fourth-order valence-electron chi connectivity index (χ4n) is 1.27. The summed E-state index contributed by atoms with van der Waals surface area (Å²) in [5.74, 6) is 0. The van der Waals surface area contributed by atoms with E-state index in [0.29, 0.717) is 5.15 Å². The summed E-state index contributed by atoms with van der Waals surface area (Å²) in [6, 6.07) is 3.84. The monoisotopic (exact) mass is 227 g/mol. The zero-order valence-corrected chi connectivity index (χ0v) is 9.85. The third-order valence-electron chi connectivity index (χ3n) is 2.16. The van der Waals surface area contributed by atoms with E-state index in [4.69, 9.17) is 11.6 Å². The Bertz CT molecular complexity index is 263. The van der Waals surface area contributed by atoms with Gasteiger partial charge < -0.3 is 10.6 Å². The molecule has 0 aromatic carbocycles. The summed E-state index contributed by atoms with van der Waals surface area (Å²) in [6.07, 6.45) is 2.74. The lowest BCUT2D eigenvalue weighted by atomic mass is 10.2. The SMILES string of the molecule is C1CNCCN1.CCc1ccnc(Cl)c1. The van der Waals surface area contributed by atoms with Gasteiger partial charge in [0, 0.05) is 32.4 Å². The highest BCUT2D eigenvalue weighted by molar-refractivity contribution is 6.29. The van der Waals surface area contributed by atoms with E-state index in [0.717, 1.165) is 32.6 Å². The molecule has 15 heavy (non-hydrogen) atoms. The number of aromatic nitrogens is 1. The number of halogens is 1. The van der Waals surface area contributed by atoms with Crippen molar-refractivity contribution in [2.75, 3.05) is 26.2 Å². The van der Waals surface area contributed by atoms with Crippen LogP contribution in [0.5, 0.6) is 0 Å². The molecule has 4 heteroatoms. The minimum Gasteiger partial charge on any atom is -0.314 e. The predicted molar refractivity (Wildman–Crippen MR) is 64.4 cm³/mol. The van der Waals surface area contributed by atoms with Crippen LogP contribution in [0.15, 0.2) is 18.3 Å². The van der Waals surface area contributed by atoms with Crippen LogP contribution in [0.4, 0.5) is 0 Å². The zero-order valence-electron chi connectivity index (χ0n) is 9.09. The van der Waals surface area contributed by atoms with Gasteiger partial charge in [0.05, 0.1) is 0 Å². The molecule has 3 nitrogen and oxygen atoms in total. The molecule has 1 aliphatic heterocycles. The van der Waals surface area contributed by atoms with Gasteiger partial charge in [0.25, 0.3) is 0 Å². The zero-order chi connectivity index (χ0) is 10.9. The average molecular weight is 228 g/mol. The second-order valence-corrected chi connectivity index (χ2v) is 3.73. The summed E-state index contributed by atoms with van der Waals surface area (Å²) in [5, 5.41) is 7.02. The molecule has 0 bridgehead atoms. The maximum absolute atomic E-state index is 5.61. The van der Waals surface area contributed by atoms with Crippen molar-refractivity contribution in [1.82, 2.24) is 15.6 Å². The molecule has 1 fully saturated rings. The van der Waals surface area contributed by atoms with Gasteiger partial charge in [-0.25, -0.2) is 4.98 Å². The molecule has 1 aromatic heterocycles. The van der Waals surface area contributed by atoms with Crippen molar-refractivity contribution in [3.8, 4) is 0 Å². The van der Waals surface area contributed by atoms with Gasteiger partial charge in [-0.2, -0.15) is 0 Å². The van der Waals surface area contributed by atoms with Crippen molar-refractivity contribution in [2.24, 2.45) is 0 Å². The number of aryl methyl sites for hydroxylation is 1. The number of nitrogens with one attached hydrogen (secondary N) is 2. The summed E-state index contributed by atoms with van der Waals surface area (Å²) in [5.41, 5.74) is 1.23. The first-order valence-corrected chi connectivity index (χ1v) is 5.72. The van der Waals surface area contributed by atoms with E-state index in [-0.39, 0.29) is 0 Å². The van der Waals surface area contributed by atoms with Gasteiger partial charge in [0.1, 0.15) is 5.15 Å². The number of rotatable bonds is 1. The van der Waals surface area contributed by atoms with E-state index in [1.165, 1.54) is 5.56 Å². The second kappa shape index (κ2) is 7.63.